The first kappa shape index (κ1) is 15.5. The molecule has 1 amide bonds. The molecular formula is C15H11BrClNO3. The van der Waals surface area contributed by atoms with E-state index in [9.17, 15) is 9.59 Å². The Morgan fingerprint density at radius 1 is 1.10 bits per heavy atom. The van der Waals surface area contributed by atoms with Gasteiger partial charge in [-0.2, -0.15) is 0 Å². The van der Waals surface area contributed by atoms with Crippen LogP contribution in [0.15, 0.2) is 46.9 Å². The number of hydrogen-bond acceptors (Lipinski definition) is 2. The number of rotatable bonds is 3. The molecular weight excluding hydrogens is 358 g/mol. The lowest BCUT2D eigenvalue weighted by Crippen LogP contribution is -2.26. The molecule has 0 bridgehead atoms. The maximum atomic E-state index is 12.4. The summed E-state index contributed by atoms with van der Waals surface area (Å²) in [5.41, 5.74) is 1.21. The average molecular weight is 369 g/mol. The Bertz CT molecular complexity index is 680. The van der Waals surface area contributed by atoms with E-state index >= 15 is 0 Å². The van der Waals surface area contributed by atoms with Crippen LogP contribution in [0.1, 0.15) is 20.7 Å². The lowest BCUT2D eigenvalue weighted by Gasteiger charge is -2.18. The summed E-state index contributed by atoms with van der Waals surface area (Å²) in [7, 11) is 1.62. The number of anilines is 1. The predicted molar refractivity (Wildman–Crippen MR) is 85.3 cm³/mol. The van der Waals surface area contributed by atoms with Gasteiger partial charge in [-0.1, -0.05) is 27.5 Å². The number of nitrogens with zero attached hydrogens (tertiary/aromatic N) is 1. The summed E-state index contributed by atoms with van der Waals surface area (Å²) in [6.45, 7) is 0. The molecule has 0 unspecified atom stereocenters. The van der Waals surface area contributed by atoms with Gasteiger partial charge < -0.3 is 10.0 Å². The molecule has 1 N–H and O–H groups in total. The Hall–Kier alpha value is -1.85. The van der Waals surface area contributed by atoms with Crippen LogP contribution in [0.3, 0.4) is 0 Å². The van der Waals surface area contributed by atoms with Crippen LogP contribution < -0.4 is 4.90 Å². The normalized spacial score (nSPS) is 10.2. The number of carboxylic acids is 1. The SMILES string of the molecule is CN(C(=O)c1cc(Cl)cc(Br)c1)c1ccc(C(=O)O)cc1. The Kier molecular flexibility index (Phi) is 4.65. The second kappa shape index (κ2) is 6.28. The molecule has 4 nitrogen and oxygen atoms in total. The van der Waals surface area contributed by atoms with Gasteiger partial charge in [0.05, 0.1) is 5.56 Å². The van der Waals surface area contributed by atoms with Crippen LogP contribution in [-0.2, 0) is 0 Å². The summed E-state index contributed by atoms with van der Waals surface area (Å²) >= 11 is 9.23. The first-order chi connectivity index (χ1) is 9.88. The van der Waals surface area contributed by atoms with Crippen molar-refractivity contribution < 1.29 is 14.7 Å². The number of carbonyl (C=O) groups is 2. The molecule has 21 heavy (non-hydrogen) atoms. The smallest absolute Gasteiger partial charge is 0.335 e. The van der Waals surface area contributed by atoms with Crippen molar-refractivity contribution in [2.75, 3.05) is 11.9 Å². The molecule has 108 valence electrons. The van der Waals surface area contributed by atoms with Crippen LogP contribution in [0, 0.1) is 0 Å². The average Bonchev–Trinajstić information content (AvgIpc) is 2.44. The Balaban J connectivity index is 2.28. The zero-order valence-corrected chi connectivity index (χ0v) is 13.4. The minimum absolute atomic E-state index is 0.171. The van der Waals surface area contributed by atoms with Crippen LogP contribution in [-0.4, -0.2) is 24.0 Å². The van der Waals surface area contributed by atoms with Gasteiger partial charge in [0.2, 0.25) is 0 Å². The fourth-order valence-electron chi connectivity index (χ4n) is 1.82. The number of benzene rings is 2. The lowest BCUT2D eigenvalue weighted by molar-refractivity contribution is 0.0696. The summed E-state index contributed by atoms with van der Waals surface area (Å²) in [5, 5.41) is 9.32. The summed E-state index contributed by atoms with van der Waals surface area (Å²) in [6.07, 6.45) is 0. The standard InChI is InChI=1S/C15H11BrClNO3/c1-18(13-4-2-9(3-5-13)15(20)21)14(19)10-6-11(16)8-12(17)7-10/h2-8H,1H3,(H,20,21). The third-order valence-electron chi connectivity index (χ3n) is 2.92. The molecule has 0 aliphatic carbocycles. The third kappa shape index (κ3) is 3.62. The van der Waals surface area contributed by atoms with E-state index in [1.807, 2.05) is 0 Å². The molecule has 2 aromatic carbocycles. The van der Waals surface area contributed by atoms with Crippen LogP contribution in [0.4, 0.5) is 5.69 Å². The molecule has 2 aromatic rings. The largest absolute Gasteiger partial charge is 0.478 e. The predicted octanol–water partition coefficient (Wildman–Crippen LogP) is 4.08. The topological polar surface area (TPSA) is 57.6 Å². The van der Waals surface area contributed by atoms with Gasteiger partial charge in [-0.25, -0.2) is 4.79 Å². The second-order valence-electron chi connectivity index (χ2n) is 4.37. The molecule has 0 saturated heterocycles. The molecule has 0 saturated carbocycles. The number of aromatic carboxylic acids is 1. The zero-order chi connectivity index (χ0) is 15.6. The monoisotopic (exact) mass is 367 g/mol. The van der Waals surface area contributed by atoms with Crippen molar-refractivity contribution in [3.8, 4) is 0 Å². The van der Waals surface area contributed by atoms with Crippen molar-refractivity contribution in [1.29, 1.82) is 0 Å². The van der Waals surface area contributed by atoms with Gasteiger partial charge in [0, 0.05) is 27.8 Å². The molecule has 0 aliphatic heterocycles. The third-order valence-corrected chi connectivity index (χ3v) is 3.59. The minimum Gasteiger partial charge on any atom is -0.478 e. The molecule has 6 heteroatoms. The fourth-order valence-corrected chi connectivity index (χ4v) is 2.68. The first-order valence-electron chi connectivity index (χ1n) is 5.96. The number of hydrogen-bond donors (Lipinski definition) is 1. The van der Waals surface area contributed by atoms with Crippen molar-refractivity contribution in [3.63, 3.8) is 0 Å². The highest BCUT2D eigenvalue weighted by Crippen LogP contribution is 2.22. The van der Waals surface area contributed by atoms with E-state index in [1.54, 1.807) is 37.4 Å². The van der Waals surface area contributed by atoms with Gasteiger partial charge in [0.15, 0.2) is 0 Å². The van der Waals surface area contributed by atoms with E-state index < -0.39 is 5.97 Å². The van der Waals surface area contributed by atoms with Crippen LogP contribution >= 0.6 is 27.5 Å². The molecule has 0 heterocycles. The van der Waals surface area contributed by atoms with Crippen molar-refractivity contribution >= 4 is 45.1 Å². The molecule has 0 spiro atoms. The molecule has 0 radical (unpaired) electrons. The highest BCUT2D eigenvalue weighted by molar-refractivity contribution is 9.10. The number of amides is 1. The van der Waals surface area contributed by atoms with Crippen molar-refractivity contribution in [2.45, 2.75) is 0 Å². The summed E-state index contributed by atoms with van der Waals surface area (Å²) in [4.78, 5) is 24.6. The van der Waals surface area contributed by atoms with Crippen molar-refractivity contribution in [3.05, 3.63) is 63.1 Å². The lowest BCUT2D eigenvalue weighted by atomic mass is 10.1. The van der Waals surface area contributed by atoms with E-state index in [1.165, 1.54) is 17.0 Å². The van der Waals surface area contributed by atoms with E-state index in [0.29, 0.717) is 20.7 Å². The van der Waals surface area contributed by atoms with Crippen LogP contribution in [0.2, 0.25) is 5.02 Å². The Labute approximate surface area is 135 Å². The van der Waals surface area contributed by atoms with Crippen molar-refractivity contribution in [2.24, 2.45) is 0 Å². The van der Waals surface area contributed by atoms with Gasteiger partial charge in [-0.15, -0.1) is 0 Å². The maximum Gasteiger partial charge on any atom is 0.335 e. The zero-order valence-electron chi connectivity index (χ0n) is 11.0. The first-order valence-corrected chi connectivity index (χ1v) is 7.13. The highest BCUT2D eigenvalue weighted by Gasteiger charge is 2.15. The molecule has 2 rings (SSSR count). The van der Waals surface area contributed by atoms with Crippen LogP contribution in [0.25, 0.3) is 0 Å². The molecule has 0 fully saturated rings. The molecule has 0 aliphatic rings. The summed E-state index contributed by atoms with van der Waals surface area (Å²) in [6, 6.07) is 11.0. The van der Waals surface area contributed by atoms with E-state index in [2.05, 4.69) is 15.9 Å². The molecule has 0 atom stereocenters. The van der Waals surface area contributed by atoms with Gasteiger partial charge in [-0.05, 0) is 42.5 Å². The minimum atomic E-state index is -1.01. The summed E-state index contributed by atoms with van der Waals surface area (Å²) in [5.74, 6) is -1.24. The second-order valence-corrected chi connectivity index (χ2v) is 5.73. The maximum absolute atomic E-state index is 12.4. The van der Waals surface area contributed by atoms with E-state index in [0.717, 1.165) is 0 Å². The van der Waals surface area contributed by atoms with Crippen LogP contribution in [0.5, 0.6) is 0 Å². The van der Waals surface area contributed by atoms with Crippen molar-refractivity contribution in [1.82, 2.24) is 0 Å². The number of carboxylic acid groups (broad SMARTS) is 1. The number of halogens is 2. The van der Waals surface area contributed by atoms with Gasteiger partial charge in [-0.3, -0.25) is 4.79 Å². The Morgan fingerprint density at radius 2 is 1.71 bits per heavy atom. The van der Waals surface area contributed by atoms with Gasteiger partial charge >= 0.3 is 5.97 Å². The van der Waals surface area contributed by atoms with Gasteiger partial charge in [0.1, 0.15) is 0 Å². The number of carbonyl (C=O) groups excluding carboxylic acids is 1. The van der Waals surface area contributed by atoms with E-state index in [-0.39, 0.29) is 11.5 Å². The molecule has 0 aromatic heterocycles. The Morgan fingerprint density at radius 3 is 2.24 bits per heavy atom. The quantitative estimate of drug-likeness (QED) is 0.888. The van der Waals surface area contributed by atoms with Gasteiger partial charge in [0.25, 0.3) is 5.91 Å². The fraction of sp³-hybridized carbons (Fsp3) is 0.0667. The van der Waals surface area contributed by atoms with E-state index in [4.69, 9.17) is 16.7 Å². The summed E-state index contributed by atoms with van der Waals surface area (Å²) < 4.78 is 0.716. The highest BCUT2D eigenvalue weighted by atomic mass is 79.9.